The molecule has 1 heterocycles. The number of amides is 1. The Kier molecular flexibility index (Phi) is 7.70. The summed E-state index contributed by atoms with van der Waals surface area (Å²) in [4.78, 5) is 12.0. The van der Waals surface area contributed by atoms with Gasteiger partial charge < -0.3 is 34.8 Å². The van der Waals surface area contributed by atoms with E-state index in [0.717, 1.165) is 37.9 Å². The lowest BCUT2D eigenvalue weighted by Crippen LogP contribution is -2.58. The van der Waals surface area contributed by atoms with Gasteiger partial charge >= 0.3 is 0 Å². The van der Waals surface area contributed by atoms with E-state index in [1.807, 2.05) is 19.9 Å². The number of aliphatic hydroxyl groups is 3. The van der Waals surface area contributed by atoms with Crippen molar-refractivity contribution in [2.24, 2.45) is 0 Å². The van der Waals surface area contributed by atoms with E-state index in [2.05, 4.69) is 5.32 Å². The summed E-state index contributed by atoms with van der Waals surface area (Å²) in [5.74, 6) is 0.119. The molecular formula is C22H33NO7. The topological polar surface area (TPSA) is 117 Å². The number of benzene rings is 1. The maximum atomic E-state index is 12.0. The third kappa shape index (κ3) is 4.95. The van der Waals surface area contributed by atoms with Crippen LogP contribution in [0.1, 0.15) is 49.8 Å². The summed E-state index contributed by atoms with van der Waals surface area (Å²) in [6, 6.07) is 5.41. The second-order valence-electron chi connectivity index (χ2n) is 8.06. The lowest BCUT2D eigenvalue weighted by molar-refractivity contribution is -0.222. The monoisotopic (exact) mass is 423 g/mol. The maximum absolute atomic E-state index is 12.0. The van der Waals surface area contributed by atoms with E-state index in [-0.39, 0.29) is 6.10 Å². The van der Waals surface area contributed by atoms with Crippen LogP contribution in [0.15, 0.2) is 18.2 Å². The average molecular weight is 424 g/mol. The molecule has 1 saturated carbocycles. The predicted molar refractivity (Wildman–Crippen MR) is 109 cm³/mol. The largest absolute Gasteiger partial charge is 0.490 e. The lowest BCUT2D eigenvalue weighted by atomic mass is 9.90. The normalized spacial score (nSPS) is 34.4. The summed E-state index contributed by atoms with van der Waals surface area (Å²) >= 11 is 0. The van der Waals surface area contributed by atoms with Crippen molar-refractivity contribution in [3.63, 3.8) is 0 Å². The van der Waals surface area contributed by atoms with Crippen LogP contribution < -0.4 is 10.1 Å². The first kappa shape index (κ1) is 23.0. The molecule has 1 aromatic rings. The van der Waals surface area contributed by atoms with Gasteiger partial charge in [0.25, 0.3) is 5.91 Å². The molecule has 0 radical (unpaired) electrons. The molecule has 1 aliphatic carbocycles. The van der Waals surface area contributed by atoms with Crippen molar-refractivity contribution in [2.45, 2.75) is 82.3 Å². The Labute approximate surface area is 177 Å². The Balaban J connectivity index is 1.74. The average Bonchev–Trinajstić information content (AvgIpc) is 2.75. The van der Waals surface area contributed by atoms with Gasteiger partial charge in [0.05, 0.1) is 12.2 Å². The van der Waals surface area contributed by atoms with Crippen molar-refractivity contribution >= 4 is 5.91 Å². The third-order valence-corrected chi connectivity index (χ3v) is 5.98. The molecule has 0 spiro atoms. The molecule has 1 unspecified atom stereocenters. The second kappa shape index (κ2) is 10.1. The van der Waals surface area contributed by atoms with Gasteiger partial charge in [-0.1, -0.05) is 12.1 Å². The van der Waals surface area contributed by atoms with Crippen LogP contribution in [0, 0.1) is 6.92 Å². The van der Waals surface area contributed by atoms with Crippen molar-refractivity contribution in [3.8, 4) is 5.75 Å². The number of carbonyl (C=O) groups is 1. The molecule has 2 aliphatic rings. The zero-order valence-corrected chi connectivity index (χ0v) is 17.8. The van der Waals surface area contributed by atoms with Gasteiger partial charge in [0.15, 0.2) is 6.10 Å². The Morgan fingerprint density at radius 2 is 1.77 bits per heavy atom. The van der Waals surface area contributed by atoms with Gasteiger partial charge in [-0.3, -0.25) is 4.79 Å². The summed E-state index contributed by atoms with van der Waals surface area (Å²) in [6.07, 6.45) is -2.55. The van der Waals surface area contributed by atoms with E-state index < -0.39 is 36.4 Å². The van der Waals surface area contributed by atoms with Crippen LogP contribution in [0.2, 0.25) is 0 Å². The molecule has 1 amide bonds. The molecule has 0 aromatic heterocycles. The second-order valence-corrected chi connectivity index (χ2v) is 8.06. The lowest BCUT2D eigenvalue weighted by Gasteiger charge is -2.40. The number of carbonyl (C=O) groups excluding carboxylic acids is 1. The molecule has 1 aliphatic heterocycles. The summed E-state index contributed by atoms with van der Waals surface area (Å²) in [7, 11) is 1.42. The molecule has 1 aromatic carbocycles. The van der Waals surface area contributed by atoms with Gasteiger partial charge in [0.2, 0.25) is 0 Å². The fourth-order valence-corrected chi connectivity index (χ4v) is 4.17. The molecule has 0 bridgehead atoms. The first-order valence-electron chi connectivity index (χ1n) is 10.7. The number of ether oxygens (including phenoxy) is 3. The molecule has 8 nitrogen and oxygen atoms in total. The molecule has 1 saturated heterocycles. The summed E-state index contributed by atoms with van der Waals surface area (Å²) in [5.41, 5.74) is 1.52. The van der Waals surface area contributed by atoms with Crippen molar-refractivity contribution in [1.82, 2.24) is 5.32 Å². The van der Waals surface area contributed by atoms with Crippen LogP contribution >= 0.6 is 0 Å². The van der Waals surface area contributed by atoms with E-state index in [1.165, 1.54) is 7.05 Å². The van der Waals surface area contributed by atoms with Crippen molar-refractivity contribution in [2.75, 3.05) is 13.7 Å². The van der Waals surface area contributed by atoms with Crippen molar-refractivity contribution in [1.29, 1.82) is 0 Å². The van der Waals surface area contributed by atoms with Gasteiger partial charge in [-0.2, -0.15) is 0 Å². The smallest absolute Gasteiger partial charge is 0.251 e. The Hall–Kier alpha value is -1.71. The first-order valence-corrected chi connectivity index (χ1v) is 10.7. The van der Waals surface area contributed by atoms with Crippen LogP contribution in [-0.4, -0.2) is 71.5 Å². The number of hydrogen-bond donors (Lipinski definition) is 4. The van der Waals surface area contributed by atoms with Crippen LogP contribution in [0.3, 0.4) is 0 Å². The van der Waals surface area contributed by atoms with E-state index in [9.17, 15) is 20.1 Å². The quantitative estimate of drug-likeness (QED) is 0.539. The number of hydrogen-bond acceptors (Lipinski definition) is 7. The van der Waals surface area contributed by atoms with Crippen molar-refractivity contribution in [3.05, 3.63) is 29.3 Å². The minimum Gasteiger partial charge on any atom is -0.490 e. The van der Waals surface area contributed by atoms with Crippen molar-refractivity contribution < 1.29 is 34.3 Å². The highest BCUT2D eigenvalue weighted by atomic mass is 16.5. The Morgan fingerprint density at radius 1 is 1.10 bits per heavy atom. The van der Waals surface area contributed by atoms with E-state index in [0.29, 0.717) is 17.4 Å². The molecular weight excluding hydrogens is 390 g/mol. The standard InChI is InChI=1S/C22H33NO7/c1-4-28-14-7-9-15(10-8-14)29-16-11-13(6-5-12(16)2)20-18(25)17(24)19(26)21(30-20)22(27)23-3/h5-6,11,14-15,17-21,24-26H,4,7-10H2,1-3H3,(H,23,27)/t14?,15?,17-,18-,19+,20+,21?/m1/s1. The van der Waals surface area contributed by atoms with Gasteiger partial charge in [-0.15, -0.1) is 0 Å². The Morgan fingerprint density at radius 3 is 2.40 bits per heavy atom. The molecule has 2 fully saturated rings. The highest BCUT2D eigenvalue weighted by molar-refractivity contribution is 5.81. The van der Waals surface area contributed by atoms with Crippen LogP contribution in [0.25, 0.3) is 0 Å². The van der Waals surface area contributed by atoms with Gasteiger partial charge in [-0.05, 0) is 56.7 Å². The fraction of sp³-hybridized carbons (Fsp3) is 0.682. The highest BCUT2D eigenvalue weighted by Crippen LogP contribution is 2.36. The van der Waals surface area contributed by atoms with E-state index in [1.54, 1.807) is 12.1 Å². The summed E-state index contributed by atoms with van der Waals surface area (Å²) in [6.45, 7) is 4.66. The number of aryl methyl sites for hydroxylation is 1. The van der Waals surface area contributed by atoms with Crippen LogP contribution in [-0.2, 0) is 14.3 Å². The van der Waals surface area contributed by atoms with E-state index >= 15 is 0 Å². The summed E-state index contributed by atoms with van der Waals surface area (Å²) in [5, 5.41) is 33.2. The highest BCUT2D eigenvalue weighted by Gasteiger charge is 2.47. The molecule has 5 atom stereocenters. The first-order chi connectivity index (χ1) is 14.3. The third-order valence-electron chi connectivity index (χ3n) is 5.98. The zero-order chi connectivity index (χ0) is 21.8. The Bertz CT molecular complexity index is 719. The zero-order valence-electron chi connectivity index (χ0n) is 17.8. The van der Waals surface area contributed by atoms with Gasteiger partial charge in [0, 0.05) is 13.7 Å². The number of aliphatic hydroxyl groups excluding tert-OH is 3. The molecule has 30 heavy (non-hydrogen) atoms. The van der Waals surface area contributed by atoms with E-state index in [4.69, 9.17) is 14.2 Å². The molecule has 3 rings (SSSR count). The minimum absolute atomic E-state index is 0.0823. The molecule has 8 heteroatoms. The number of nitrogens with one attached hydrogen (secondary N) is 1. The number of likely N-dealkylation sites (N-methyl/N-ethyl adjacent to an activating group) is 1. The minimum atomic E-state index is -1.52. The molecule has 168 valence electrons. The van der Waals surface area contributed by atoms with Gasteiger partial charge in [-0.25, -0.2) is 0 Å². The SMILES string of the molecule is CCOC1CCC(Oc2cc([C@@H]3OC(C(=O)NC)[C@@H](O)[C@H](O)[C@H]3O)ccc2C)CC1. The maximum Gasteiger partial charge on any atom is 0.251 e. The fourth-order valence-electron chi connectivity index (χ4n) is 4.17. The summed E-state index contributed by atoms with van der Waals surface area (Å²) < 4.78 is 17.6. The molecule has 4 N–H and O–H groups in total. The van der Waals surface area contributed by atoms with Crippen LogP contribution in [0.5, 0.6) is 5.75 Å². The van der Waals surface area contributed by atoms with Crippen LogP contribution in [0.4, 0.5) is 0 Å². The number of rotatable bonds is 6. The van der Waals surface area contributed by atoms with Gasteiger partial charge in [0.1, 0.15) is 30.2 Å². The predicted octanol–water partition coefficient (Wildman–Crippen LogP) is 0.990.